The number of nitrogens with one attached hydrogen (secondary N) is 2. The van der Waals surface area contributed by atoms with Crippen LogP contribution in [0.2, 0.25) is 0 Å². The monoisotopic (exact) mass is 378 g/mol. The molecule has 1 heterocycles. The average molecular weight is 378 g/mol. The smallest absolute Gasteiger partial charge is 0.218 e. The van der Waals surface area contributed by atoms with Gasteiger partial charge in [-0.1, -0.05) is 6.07 Å². The van der Waals surface area contributed by atoms with Gasteiger partial charge in [0.1, 0.15) is 0 Å². The van der Waals surface area contributed by atoms with Crippen molar-refractivity contribution in [3.05, 3.63) is 23.9 Å². The predicted octanol–water partition coefficient (Wildman–Crippen LogP) is 2.17. The molecule has 6 heteroatoms. The first-order valence-corrected chi connectivity index (χ1v) is 5.93. The number of guanidine groups is 1. The van der Waals surface area contributed by atoms with E-state index in [0.717, 1.165) is 11.5 Å². The summed E-state index contributed by atoms with van der Waals surface area (Å²) in [5.74, 6) is 1.39. The largest absolute Gasteiger partial charge is 0.481 e. The maximum atomic E-state index is 5.20. The van der Waals surface area contributed by atoms with Crippen molar-refractivity contribution in [2.24, 2.45) is 4.99 Å². The Hall–Kier alpha value is -1.05. The molecule has 0 aliphatic carbocycles. The lowest BCUT2D eigenvalue weighted by atomic mass is 10.1. The van der Waals surface area contributed by atoms with E-state index in [1.807, 2.05) is 12.1 Å². The number of ether oxygens (including phenoxy) is 1. The van der Waals surface area contributed by atoms with Gasteiger partial charge in [-0.15, -0.1) is 24.0 Å². The molecule has 0 atom stereocenters. The number of hydrogen-bond donors (Lipinski definition) is 2. The van der Waals surface area contributed by atoms with Crippen molar-refractivity contribution >= 4 is 29.9 Å². The van der Waals surface area contributed by atoms with Crippen LogP contribution in [-0.4, -0.2) is 30.6 Å². The van der Waals surface area contributed by atoms with Crippen molar-refractivity contribution in [1.82, 2.24) is 15.6 Å². The summed E-state index contributed by atoms with van der Waals surface area (Å²) in [6.45, 7) is 6.88. The lowest BCUT2D eigenvalue weighted by Gasteiger charge is -2.23. The number of hydrogen-bond acceptors (Lipinski definition) is 3. The van der Waals surface area contributed by atoms with Crippen LogP contribution in [0.4, 0.5) is 0 Å². The van der Waals surface area contributed by atoms with E-state index in [2.05, 4.69) is 41.4 Å². The van der Waals surface area contributed by atoms with Crippen molar-refractivity contribution in [2.75, 3.05) is 14.2 Å². The second kappa shape index (κ2) is 8.19. The number of rotatable bonds is 3. The topological polar surface area (TPSA) is 58.5 Å². The fraction of sp³-hybridized carbons (Fsp3) is 0.538. The highest BCUT2D eigenvalue weighted by atomic mass is 127. The summed E-state index contributed by atoms with van der Waals surface area (Å²) in [6.07, 6.45) is 1.71. The molecule has 0 amide bonds. The molecule has 0 aromatic carbocycles. The second-order valence-electron chi connectivity index (χ2n) is 4.97. The molecule has 19 heavy (non-hydrogen) atoms. The molecular formula is C13H23IN4O. The minimum Gasteiger partial charge on any atom is -0.481 e. The van der Waals surface area contributed by atoms with Crippen LogP contribution in [0.15, 0.2) is 23.3 Å². The molecular weight excluding hydrogens is 355 g/mol. The standard InChI is InChI=1S/C13H22N4O.HI/c1-13(2,3)17-12(14-4)16-9-10-7-6-8-15-11(10)18-5;/h6-8H,9H2,1-5H3,(H2,14,16,17);1H. The summed E-state index contributed by atoms with van der Waals surface area (Å²) in [5.41, 5.74) is 0.970. The molecule has 1 aromatic rings. The number of pyridine rings is 1. The van der Waals surface area contributed by atoms with Crippen LogP contribution < -0.4 is 15.4 Å². The lowest BCUT2D eigenvalue weighted by molar-refractivity contribution is 0.391. The normalized spacial score (nSPS) is 11.5. The first-order valence-electron chi connectivity index (χ1n) is 5.93. The minimum atomic E-state index is -0.0269. The summed E-state index contributed by atoms with van der Waals surface area (Å²) in [5, 5.41) is 6.53. The molecule has 2 N–H and O–H groups in total. The van der Waals surface area contributed by atoms with E-state index in [9.17, 15) is 0 Å². The van der Waals surface area contributed by atoms with Gasteiger partial charge in [-0.3, -0.25) is 4.99 Å². The van der Waals surface area contributed by atoms with E-state index in [4.69, 9.17) is 4.74 Å². The van der Waals surface area contributed by atoms with Crippen molar-refractivity contribution in [2.45, 2.75) is 32.9 Å². The van der Waals surface area contributed by atoms with Gasteiger partial charge < -0.3 is 15.4 Å². The van der Waals surface area contributed by atoms with E-state index >= 15 is 0 Å². The average Bonchev–Trinajstić information content (AvgIpc) is 2.33. The number of nitrogens with zero attached hydrogens (tertiary/aromatic N) is 2. The van der Waals surface area contributed by atoms with Crippen LogP contribution in [0.5, 0.6) is 5.88 Å². The molecule has 1 rings (SSSR count). The molecule has 0 spiro atoms. The Morgan fingerprint density at radius 3 is 2.63 bits per heavy atom. The summed E-state index contributed by atoms with van der Waals surface area (Å²) >= 11 is 0. The quantitative estimate of drug-likeness (QED) is 0.481. The third kappa shape index (κ3) is 6.60. The Morgan fingerprint density at radius 1 is 1.42 bits per heavy atom. The maximum absolute atomic E-state index is 5.20. The molecule has 0 saturated heterocycles. The fourth-order valence-corrected chi connectivity index (χ4v) is 1.46. The molecule has 0 radical (unpaired) electrons. The van der Waals surface area contributed by atoms with Crippen LogP contribution in [-0.2, 0) is 6.54 Å². The molecule has 0 saturated carbocycles. The zero-order valence-corrected chi connectivity index (χ0v) is 14.5. The van der Waals surface area contributed by atoms with Crippen LogP contribution in [0, 0.1) is 0 Å². The van der Waals surface area contributed by atoms with Gasteiger partial charge in [0.05, 0.1) is 7.11 Å². The van der Waals surface area contributed by atoms with Crippen LogP contribution in [0.1, 0.15) is 26.3 Å². The Kier molecular flexibility index (Phi) is 7.73. The summed E-state index contributed by atoms with van der Waals surface area (Å²) in [6, 6.07) is 3.86. The van der Waals surface area contributed by atoms with E-state index < -0.39 is 0 Å². The zero-order valence-electron chi connectivity index (χ0n) is 12.2. The highest BCUT2D eigenvalue weighted by Crippen LogP contribution is 2.12. The number of halogens is 1. The molecule has 0 aliphatic rings. The van der Waals surface area contributed by atoms with Gasteiger partial charge in [0, 0.05) is 30.9 Å². The Balaban J connectivity index is 0.00000324. The van der Waals surface area contributed by atoms with Crippen molar-refractivity contribution in [1.29, 1.82) is 0 Å². The summed E-state index contributed by atoms with van der Waals surface area (Å²) in [4.78, 5) is 8.33. The maximum Gasteiger partial charge on any atom is 0.218 e. The Morgan fingerprint density at radius 2 is 2.11 bits per heavy atom. The summed E-state index contributed by atoms with van der Waals surface area (Å²) in [7, 11) is 3.37. The first-order chi connectivity index (χ1) is 8.46. The Bertz CT molecular complexity index is 415. The van der Waals surface area contributed by atoms with Crippen LogP contribution in [0.3, 0.4) is 0 Å². The molecule has 108 valence electrons. The third-order valence-electron chi connectivity index (χ3n) is 2.21. The molecule has 0 unspecified atom stereocenters. The third-order valence-corrected chi connectivity index (χ3v) is 2.21. The van der Waals surface area contributed by atoms with Crippen molar-refractivity contribution in [3.63, 3.8) is 0 Å². The fourth-order valence-electron chi connectivity index (χ4n) is 1.46. The Labute approximate surface area is 132 Å². The van der Waals surface area contributed by atoms with Gasteiger partial charge in [0.2, 0.25) is 5.88 Å². The highest BCUT2D eigenvalue weighted by Gasteiger charge is 2.12. The van der Waals surface area contributed by atoms with Crippen molar-refractivity contribution < 1.29 is 4.74 Å². The molecule has 5 nitrogen and oxygen atoms in total. The predicted molar refractivity (Wildman–Crippen MR) is 89.3 cm³/mol. The second-order valence-corrected chi connectivity index (χ2v) is 4.97. The molecule has 0 fully saturated rings. The SMILES string of the molecule is CN=C(NCc1cccnc1OC)NC(C)(C)C.I. The first kappa shape index (κ1) is 17.9. The zero-order chi connectivity index (χ0) is 13.6. The summed E-state index contributed by atoms with van der Waals surface area (Å²) < 4.78 is 5.20. The van der Waals surface area contributed by atoms with Crippen molar-refractivity contribution in [3.8, 4) is 5.88 Å². The highest BCUT2D eigenvalue weighted by molar-refractivity contribution is 14.0. The van der Waals surface area contributed by atoms with Gasteiger partial charge in [0.25, 0.3) is 0 Å². The van der Waals surface area contributed by atoms with Gasteiger partial charge >= 0.3 is 0 Å². The van der Waals surface area contributed by atoms with E-state index in [-0.39, 0.29) is 29.5 Å². The van der Waals surface area contributed by atoms with Gasteiger partial charge in [0.15, 0.2) is 5.96 Å². The molecule has 0 bridgehead atoms. The minimum absolute atomic E-state index is 0. The molecule has 1 aromatic heterocycles. The van der Waals surface area contributed by atoms with E-state index in [0.29, 0.717) is 12.4 Å². The van der Waals surface area contributed by atoms with Crippen LogP contribution in [0.25, 0.3) is 0 Å². The van der Waals surface area contributed by atoms with E-state index in [1.165, 1.54) is 0 Å². The van der Waals surface area contributed by atoms with E-state index in [1.54, 1.807) is 20.4 Å². The van der Waals surface area contributed by atoms with Crippen LogP contribution >= 0.6 is 24.0 Å². The number of methoxy groups -OCH3 is 1. The van der Waals surface area contributed by atoms with Gasteiger partial charge in [-0.25, -0.2) is 4.98 Å². The number of aromatic nitrogens is 1. The van der Waals surface area contributed by atoms with Gasteiger partial charge in [-0.2, -0.15) is 0 Å². The lowest BCUT2D eigenvalue weighted by Crippen LogP contribution is -2.47. The molecule has 0 aliphatic heterocycles. The van der Waals surface area contributed by atoms with Gasteiger partial charge in [-0.05, 0) is 26.8 Å². The number of aliphatic imine (C=N–C) groups is 1.